The minimum Gasteiger partial charge on any atom is -0.450 e. The third kappa shape index (κ3) is 3.76. The number of ether oxygens (including phenoxy) is 1. The Morgan fingerprint density at radius 3 is 3.17 bits per heavy atom. The molecule has 2 aromatic rings. The summed E-state index contributed by atoms with van der Waals surface area (Å²) in [5.41, 5.74) is 1.65. The van der Waals surface area contributed by atoms with Crippen molar-refractivity contribution in [2.45, 2.75) is 39.3 Å². The first-order valence-electron chi connectivity index (χ1n) is 8.19. The van der Waals surface area contributed by atoms with Crippen LogP contribution >= 0.6 is 11.3 Å². The van der Waals surface area contributed by atoms with E-state index in [1.54, 1.807) is 17.4 Å². The van der Waals surface area contributed by atoms with Gasteiger partial charge in [0, 0.05) is 36.3 Å². The van der Waals surface area contributed by atoms with Crippen molar-refractivity contribution in [2.24, 2.45) is 0 Å². The molecule has 1 atom stereocenters. The Bertz CT molecular complexity index is 785. The highest BCUT2D eigenvalue weighted by Gasteiger charge is 2.22. The lowest BCUT2D eigenvalue weighted by Crippen LogP contribution is -2.47. The Kier molecular flexibility index (Phi) is 5.15. The van der Waals surface area contributed by atoms with E-state index in [2.05, 4.69) is 15.2 Å². The molecule has 24 heavy (non-hydrogen) atoms. The maximum absolute atomic E-state index is 12.2. The number of thiazole rings is 1. The summed E-state index contributed by atoms with van der Waals surface area (Å²) in [6.07, 6.45) is 1.57. The predicted octanol–water partition coefficient (Wildman–Crippen LogP) is 1.77. The van der Waals surface area contributed by atoms with E-state index in [0.717, 1.165) is 42.3 Å². The molecule has 0 unspecified atom stereocenters. The molecule has 130 valence electrons. The average Bonchev–Trinajstić information content (AvgIpc) is 2.89. The number of aryl methyl sites for hydroxylation is 1. The highest BCUT2D eigenvalue weighted by Crippen LogP contribution is 2.15. The van der Waals surface area contributed by atoms with Crippen LogP contribution in [0.2, 0.25) is 0 Å². The number of nitrogens with one attached hydrogen (secondary N) is 1. The standard InChI is InChI=1S/C16H22N4O3S/c1-3-23-16(22)18-12-5-4-6-19(8-12)9-13-7-14(21)20-11(2)10-24-15(20)17-13/h7,10,12H,3-6,8-9H2,1-2H3,(H,18,22)/t12-/m0/s1. The SMILES string of the molecule is CCOC(=O)N[C@H]1CCCN(Cc2cc(=O)n3c(C)csc3n2)C1. The maximum Gasteiger partial charge on any atom is 0.407 e. The highest BCUT2D eigenvalue weighted by atomic mass is 32.1. The average molecular weight is 350 g/mol. The maximum atomic E-state index is 12.2. The van der Waals surface area contributed by atoms with Gasteiger partial charge in [-0.1, -0.05) is 0 Å². The van der Waals surface area contributed by atoms with Crippen LogP contribution in [-0.2, 0) is 11.3 Å². The molecule has 0 saturated carbocycles. The third-order valence-corrected chi connectivity index (χ3v) is 5.06. The fourth-order valence-electron chi connectivity index (χ4n) is 3.07. The molecule has 3 rings (SSSR count). The topological polar surface area (TPSA) is 75.9 Å². The molecule has 1 saturated heterocycles. The van der Waals surface area contributed by atoms with E-state index < -0.39 is 0 Å². The van der Waals surface area contributed by atoms with Gasteiger partial charge in [0.2, 0.25) is 0 Å². The molecule has 0 spiro atoms. The molecule has 3 heterocycles. The van der Waals surface area contributed by atoms with Crippen molar-refractivity contribution in [3.05, 3.63) is 33.2 Å². The minimum atomic E-state index is -0.365. The van der Waals surface area contributed by atoms with Gasteiger partial charge >= 0.3 is 6.09 Å². The van der Waals surface area contributed by atoms with E-state index >= 15 is 0 Å². The Balaban J connectivity index is 1.67. The Morgan fingerprint density at radius 2 is 2.38 bits per heavy atom. The molecular formula is C16H22N4O3S. The first-order valence-corrected chi connectivity index (χ1v) is 9.07. The molecule has 8 heteroatoms. The number of piperidine rings is 1. The zero-order valence-electron chi connectivity index (χ0n) is 13.9. The quantitative estimate of drug-likeness (QED) is 0.910. The number of alkyl carbamates (subject to hydrolysis) is 1. The van der Waals surface area contributed by atoms with Gasteiger partial charge in [-0.05, 0) is 33.2 Å². The van der Waals surface area contributed by atoms with E-state index in [4.69, 9.17) is 4.74 Å². The highest BCUT2D eigenvalue weighted by molar-refractivity contribution is 7.15. The van der Waals surface area contributed by atoms with Gasteiger partial charge in [-0.25, -0.2) is 9.78 Å². The monoisotopic (exact) mass is 350 g/mol. The van der Waals surface area contributed by atoms with Crippen LogP contribution in [0, 0.1) is 6.92 Å². The molecule has 0 bridgehead atoms. The summed E-state index contributed by atoms with van der Waals surface area (Å²) >= 11 is 1.48. The lowest BCUT2D eigenvalue weighted by molar-refractivity contribution is 0.132. The minimum absolute atomic E-state index is 0.0352. The normalized spacial score (nSPS) is 18.7. The van der Waals surface area contributed by atoms with Crippen molar-refractivity contribution in [1.82, 2.24) is 19.6 Å². The van der Waals surface area contributed by atoms with Gasteiger partial charge in [0.15, 0.2) is 4.96 Å². The van der Waals surface area contributed by atoms with Crippen molar-refractivity contribution in [2.75, 3.05) is 19.7 Å². The van der Waals surface area contributed by atoms with Crippen molar-refractivity contribution < 1.29 is 9.53 Å². The summed E-state index contributed by atoms with van der Waals surface area (Å²) in [7, 11) is 0. The Hall–Kier alpha value is -1.93. The fourth-order valence-corrected chi connectivity index (χ4v) is 3.96. The van der Waals surface area contributed by atoms with Gasteiger partial charge in [0.05, 0.1) is 12.3 Å². The second kappa shape index (κ2) is 7.31. The number of nitrogens with zero attached hydrogens (tertiary/aromatic N) is 3. The molecule has 1 aliphatic rings. The van der Waals surface area contributed by atoms with Crippen LogP contribution in [0.3, 0.4) is 0 Å². The zero-order valence-corrected chi connectivity index (χ0v) is 14.8. The molecule has 1 amide bonds. The van der Waals surface area contributed by atoms with Crippen molar-refractivity contribution >= 4 is 22.4 Å². The number of likely N-dealkylation sites (tertiary alicyclic amines) is 1. The van der Waals surface area contributed by atoms with Crippen molar-refractivity contribution in [1.29, 1.82) is 0 Å². The first-order chi connectivity index (χ1) is 11.6. The number of fused-ring (bicyclic) bond motifs is 1. The molecule has 0 aromatic carbocycles. The summed E-state index contributed by atoms with van der Waals surface area (Å²) in [5, 5.41) is 4.83. The van der Waals surface area contributed by atoms with Crippen LogP contribution in [0.1, 0.15) is 31.2 Å². The molecule has 0 radical (unpaired) electrons. The Labute approximate surface area is 144 Å². The number of aromatic nitrogens is 2. The van der Waals surface area contributed by atoms with Crippen LogP contribution in [0.5, 0.6) is 0 Å². The predicted molar refractivity (Wildman–Crippen MR) is 92.5 cm³/mol. The van der Waals surface area contributed by atoms with Crippen LogP contribution in [0.15, 0.2) is 16.2 Å². The zero-order chi connectivity index (χ0) is 17.1. The number of carbonyl (C=O) groups is 1. The van der Waals surface area contributed by atoms with E-state index in [9.17, 15) is 9.59 Å². The van der Waals surface area contributed by atoms with Crippen LogP contribution < -0.4 is 10.9 Å². The third-order valence-electron chi connectivity index (χ3n) is 4.12. The van der Waals surface area contributed by atoms with Gasteiger partial charge in [0.1, 0.15) is 0 Å². The molecule has 1 N–H and O–H groups in total. The van der Waals surface area contributed by atoms with Gasteiger partial charge in [-0.2, -0.15) is 0 Å². The smallest absolute Gasteiger partial charge is 0.407 e. The number of rotatable bonds is 4. The lowest BCUT2D eigenvalue weighted by atomic mass is 10.1. The molecule has 1 aliphatic heterocycles. The molecule has 0 aliphatic carbocycles. The van der Waals surface area contributed by atoms with Gasteiger partial charge < -0.3 is 10.1 Å². The molecular weight excluding hydrogens is 328 g/mol. The number of carbonyl (C=O) groups excluding carboxylic acids is 1. The fraction of sp³-hybridized carbons (Fsp3) is 0.562. The van der Waals surface area contributed by atoms with Crippen molar-refractivity contribution in [3.8, 4) is 0 Å². The van der Waals surface area contributed by atoms with Gasteiger partial charge in [-0.3, -0.25) is 14.1 Å². The van der Waals surface area contributed by atoms with Gasteiger partial charge in [0.25, 0.3) is 5.56 Å². The summed E-state index contributed by atoms with van der Waals surface area (Å²) < 4.78 is 6.58. The molecule has 7 nitrogen and oxygen atoms in total. The first kappa shape index (κ1) is 16.9. The summed E-state index contributed by atoms with van der Waals surface area (Å²) in [4.78, 5) is 31.4. The number of hydrogen-bond donors (Lipinski definition) is 1. The lowest BCUT2D eigenvalue weighted by Gasteiger charge is -2.32. The van der Waals surface area contributed by atoms with E-state index in [0.29, 0.717) is 13.2 Å². The van der Waals surface area contributed by atoms with Crippen LogP contribution in [-0.4, -0.2) is 46.1 Å². The van der Waals surface area contributed by atoms with E-state index in [1.165, 1.54) is 11.3 Å². The summed E-state index contributed by atoms with van der Waals surface area (Å²) in [6.45, 7) is 6.36. The van der Waals surface area contributed by atoms with E-state index in [1.807, 2.05) is 12.3 Å². The number of hydrogen-bond acceptors (Lipinski definition) is 6. The second-order valence-electron chi connectivity index (χ2n) is 6.02. The largest absolute Gasteiger partial charge is 0.450 e. The van der Waals surface area contributed by atoms with E-state index in [-0.39, 0.29) is 17.7 Å². The second-order valence-corrected chi connectivity index (χ2v) is 6.86. The Morgan fingerprint density at radius 1 is 1.54 bits per heavy atom. The number of amides is 1. The van der Waals surface area contributed by atoms with Crippen LogP contribution in [0.4, 0.5) is 4.79 Å². The van der Waals surface area contributed by atoms with Crippen LogP contribution in [0.25, 0.3) is 4.96 Å². The van der Waals surface area contributed by atoms with Gasteiger partial charge in [-0.15, -0.1) is 11.3 Å². The summed E-state index contributed by atoms with van der Waals surface area (Å²) in [5.74, 6) is 0. The summed E-state index contributed by atoms with van der Waals surface area (Å²) in [6, 6.07) is 1.68. The molecule has 1 fully saturated rings. The molecule has 2 aromatic heterocycles. The van der Waals surface area contributed by atoms with Crippen molar-refractivity contribution in [3.63, 3.8) is 0 Å².